The number of aliphatic imine (C=N–C) groups is 1. The molecule has 0 aromatic rings. The minimum absolute atomic E-state index is 0.0609. The summed E-state index contributed by atoms with van der Waals surface area (Å²) in [5.41, 5.74) is -0.234. The second-order valence-electron chi connectivity index (χ2n) is 8.52. The fraction of sp³-hybridized carbons (Fsp3) is 0.895. The van der Waals surface area contributed by atoms with Gasteiger partial charge in [0.1, 0.15) is 6.54 Å². The van der Waals surface area contributed by atoms with Crippen LogP contribution < -0.4 is 16.0 Å². The topological polar surface area (TPSA) is 72.0 Å². The van der Waals surface area contributed by atoms with Gasteiger partial charge in [0.05, 0.1) is 0 Å². The van der Waals surface area contributed by atoms with E-state index in [1.807, 2.05) is 27.7 Å². The first-order valence-corrected chi connectivity index (χ1v) is 9.88. The van der Waals surface area contributed by atoms with Crippen molar-refractivity contribution in [2.24, 2.45) is 10.9 Å². The monoisotopic (exact) mass is 368 g/mol. The highest BCUT2D eigenvalue weighted by molar-refractivity contribution is 5.85. The van der Waals surface area contributed by atoms with Crippen molar-refractivity contribution in [3.8, 4) is 0 Å². The summed E-state index contributed by atoms with van der Waals surface area (Å²) in [5, 5.41) is 9.61. The van der Waals surface area contributed by atoms with Gasteiger partial charge in [-0.2, -0.15) is 0 Å². The summed E-state index contributed by atoms with van der Waals surface area (Å²) in [6.07, 6.45) is 0. The number of nitrogens with zero attached hydrogens (tertiary/aromatic N) is 3. The van der Waals surface area contributed by atoms with Crippen LogP contribution in [0.15, 0.2) is 4.99 Å². The van der Waals surface area contributed by atoms with Crippen LogP contribution in [0.1, 0.15) is 41.5 Å². The molecule has 1 atom stereocenters. The molecule has 0 aromatic carbocycles. The van der Waals surface area contributed by atoms with E-state index in [2.05, 4.69) is 51.6 Å². The second kappa shape index (κ2) is 10.7. The molecular formula is C19H40N6O. The highest BCUT2D eigenvalue weighted by Crippen LogP contribution is 2.12. The van der Waals surface area contributed by atoms with Gasteiger partial charge >= 0.3 is 0 Å². The molecule has 0 bridgehead atoms. The van der Waals surface area contributed by atoms with Gasteiger partial charge in [-0.25, -0.2) is 4.99 Å². The van der Waals surface area contributed by atoms with Crippen LogP contribution in [0.5, 0.6) is 0 Å². The Labute approximate surface area is 160 Å². The molecule has 3 N–H and O–H groups in total. The normalized spacial score (nSPS) is 18.7. The first kappa shape index (κ1) is 22.7. The predicted octanol–water partition coefficient (Wildman–Crippen LogP) is 0.728. The number of rotatable bonds is 7. The van der Waals surface area contributed by atoms with Crippen molar-refractivity contribution in [1.29, 1.82) is 0 Å². The van der Waals surface area contributed by atoms with Crippen molar-refractivity contribution in [2.75, 3.05) is 52.9 Å². The standard InChI is InChI=1S/C19H40N6O/c1-8-20-18(22-14-17(26)23-19(4,5)6)21-13-16(15(2)3)25-11-9-24(7)10-12-25/h15-16H,8-14H2,1-7H3,(H,23,26)(H2,20,21,22). The molecule has 7 nitrogen and oxygen atoms in total. The van der Waals surface area contributed by atoms with E-state index in [1.165, 1.54) is 0 Å². The number of nitrogens with one attached hydrogen (secondary N) is 3. The lowest BCUT2D eigenvalue weighted by atomic mass is 10.0. The lowest BCUT2D eigenvalue weighted by Crippen LogP contribution is -2.55. The van der Waals surface area contributed by atoms with E-state index in [0.717, 1.165) is 39.3 Å². The lowest BCUT2D eigenvalue weighted by molar-refractivity contribution is -0.121. The van der Waals surface area contributed by atoms with Gasteiger partial charge in [0, 0.05) is 50.8 Å². The van der Waals surface area contributed by atoms with Crippen LogP contribution >= 0.6 is 0 Å². The first-order chi connectivity index (χ1) is 12.1. The van der Waals surface area contributed by atoms with E-state index in [9.17, 15) is 4.79 Å². The maximum Gasteiger partial charge on any atom is 0.242 e. The molecule has 152 valence electrons. The summed E-state index contributed by atoms with van der Waals surface area (Å²) < 4.78 is 0. The molecule has 1 saturated heterocycles. The molecule has 0 radical (unpaired) electrons. The molecule has 0 spiro atoms. The Hall–Kier alpha value is -1.34. The fourth-order valence-corrected chi connectivity index (χ4v) is 3.09. The number of amides is 1. The third-order valence-corrected chi connectivity index (χ3v) is 4.49. The van der Waals surface area contributed by atoms with Crippen LogP contribution in [0.2, 0.25) is 0 Å². The van der Waals surface area contributed by atoms with E-state index in [0.29, 0.717) is 17.9 Å². The van der Waals surface area contributed by atoms with Crippen LogP contribution in [0.3, 0.4) is 0 Å². The number of hydrogen-bond acceptors (Lipinski definition) is 4. The largest absolute Gasteiger partial charge is 0.357 e. The van der Waals surface area contributed by atoms with Crippen molar-refractivity contribution in [2.45, 2.75) is 53.1 Å². The molecule has 1 unspecified atom stereocenters. The van der Waals surface area contributed by atoms with Crippen LogP contribution in [-0.2, 0) is 4.79 Å². The molecule has 7 heteroatoms. The minimum atomic E-state index is -0.234. The van der Waals surface area contributed by atoms with Gasteiger partial charge in [-0.1, -0.05) is 13.8 Å². The molecule has 0 aliphatic carbocycles. The van der Waals surface area contributed by atoms with Crippen LogP contribution in [0, 0.1) is 5.92 Å². The van der Waals surface area contributed by atoms with Crippen LogP contribution in [-0.4, -0.2) is 86.1 Å². The van der Waals surface area contributed by atoms with E-state index < -0.39 is 0 Å². The zero-order valence-electron chi connectivity index (χ0n) is 17.9. The SMILES string of the molecule is CCNC(=NCC(=O)NC(C)(C)C)NCC(C(C)C)N1CCN(C)CC1. The molecule has 1 rings (SSSR count). The van der Waals surface area contributed by atoms with Crippen LogP contribution in [0.4, 0.5) is 0 Å². The van der Waals surface area contributed by atoms with Gasteiger partial charge < -0.3 is 20.9 Å². The van der Waals surface area contributed by atoms with Crippen molar-refractivity contribution in [3.63, 3.8) is 0 Å². The molecule has 1 fully saturated rings. The van der Waals surface area contributed by atoms with Crippen molar-refractivity contribution < 1.29 is 4.79 Å². The average molecular weight is 369 g/mol. The third kappa shape index (κ3) is 8.85. The Morgan fingerprint density at radius 3 is 2.23 bits per heavy atom. The van der Waals surface area contributed by atoms with Gasteiger partial charge in [-0.3, -0.25) is 9.69 Å². The summed E-state index contributed by atoms with van der Waals surface area (Å²) in [6, 6.07) is 0.455. The summed E-state index contributed by atoms with van der Waals surface area (Å²) in [5.74, 6) is 1.20. The number of guanidine groups is 1. The number of carbonyl (C=O) groups is 1. The third-order valence-electron chi connectivity index (χ3n) is 4.49. The van der Waals surface area contributed by atoms with Gasteiger partial charge in [0.25, 0.3) is 0 Å². The maximum absolute atomic E-state index is 12.0. The van der Waals surface area contributed by atoms with E-state index in [-0.39, 0.29) is 18.0 Å². The smallest absolute Gasteiger partial charge is 0.242 e. The molecule has 1 heterocycles. The molecular weight excluding hydrogens is 328 g/mol. The van der Waals surface area contributed by atoms with E-state index in [1.54, 1.807) is 0 Å². The molecule has 0 aromatic heterocycles. The average Bonchev–Trinajstić information content (AvgIpc) is 2.52. The van der Waals surface area contributed by atoms with Crippen LogP contribution in [0.25, 0.3) is 0 Å². The zero-order valence-corrected chi connectivity index (χ0v) is 17.9. The quantitative estimate of drug-likeness (QED) is 0.456. The summed E-state index contributed by atoms with van der Waals surface area (Å²) in [7, 11) is 2.18. The van der Waals surface area contributed by atoms with Crippen molar-refractivity contribution >= 4 is 11.9 Å². The van der Waals surface area contributed by atoms with Crippen molar-refractivity contribution in [1.82, 2.24) is 25.8 Å². The molecule has 0 saturated carbocycles. The second-order valence-corrected chi connectivity index (χ2v) is 8.52. The molecule has 1 amide bonds. The Morgan fingerprint density at radius 2 is 1.73 bits per heavy atom. The zero-order chi connectivity index (χ0) is 19.7. The Balaban J connectivity index is 2.61. The Bertz CT molecular complexity index is 449. The van der Waals surface area contributed by atoms with Gasteiger partial charge in [0.15, 0.2) is 5.96 Å². The van der Waals surface area contributed by atoms with E-state index >= 15 is 0 Å². The lowest BCUT2D eigenvalue weighted by Gasteiger charge is -2.40. The molecule has 1 aliphatic rings. The number of carbonyl (C=O) groups excluding carboxylic acids is 1. The first-order valence-electron chi connectivity index (χ1n) is 9.88. The molecule has 26 heavy (non-hydrogen) atoms. The summed E-state index contributed by atoms with van der Waals surface area (Å²) in [6.45, 7) is 18.7. The van der Waals surface area contributed by atoms with E-state index in [4.69, 9.17) is 0 Å². The van der Waals surface area contributed by atoms with Gasteiger partial charge in [-0.05, 0) is 40.7 Å². The highest BCUT2D eigenvalue weighted by atomic mass is 16.2. The number of likely N-dealkylation sites (N-methyl/N-ethyl adjacent to an activating group) is 1. The predicted molar refractivity (Wildman–Crippen MR) is 110 cm³/mol. The Morgan fingerprint density at radius 1 is 1.12 bits per heavy atom. The Kier molecular flexibility index (Phi) is 9.36. The molecule has 1 aliphatic heterocycles. The highest BCUT2D eigenvalue weighted by Gasteiger charge is 2.25. The summed E-state index contributed by atoms with van der Waals surface area (Å²) in [4.78, 5) is 21.4. The van der Waals surface area contributed by atoms with Gasteiger partial charge in [-0.15, -0.1) is 0 Å². The minimum Gasteiger partial charge on any atom is -0.357 e. The van der Waals surface area contributed by atoms with Gasteiger partial charge in [0.2, 0.25) is 5.91 Å². The number of piperazine rings is 1. The summed E-state index contributed by atoms with van der Waals surface area (Å²) >= 11 is 0. The van der Waals surface area contributed by atoms with Crippen molar-refractivity contribution in [3.05, 3.63) is 0 Å². The maximum atomic E-state index is 12.0. The number of hydrogen-bond donors (Lipinski definition) is 3. The fourth-order valence-electron chi connectivity index (χ4n) is 3.09.